The summed E-state index contributed by atoms with van der Waals surface area (Å²) in [6.45, 7) is 3.72. The van der Waals surface area contributed by atoms with Crippen molar-refractivity contribution in [2.45, 2.75) is 13.8 Å². The second kappa shape index (κ2) is 5.48. The number of amides is 1. The van der Waals surface area contributed by atoms with E-state index in [9.17, 15) is 9.59 Å². The maximum Gasteiger partial charge on any atom is 0.323 e. The first kappa shape index (κ1) is 13.7. The van der Waals surface area contributed by atoms with E-state index >= 15 is 0 Å². The molecule has 0 bridgehead atoms. The molecule has 0 spiro atoms. The van der Waals surface area contributed by atoms with Gasteiger partial charge in [0.2, 0.25) is 5.91 Å². The third-order valence-corrected chi connectivity index (χ3v) is 3.89. The van der Waals surface area contributed by atoms with Crippen LogP contribution in [-0.4, -0.2) is 34.2 Å². The second-order valence-electron chi connectivity index (χ2n) is 4.49. The SMILES string of the molecule is Cc1ccc(C2=CSCC(=O)N2CC(=O)O)cc1C. The normalized spacial score (nSPS) is 15.4. The first-order valence-corrected chi connectivity index (χ1v) is 6.95. The molecule has 1 aromatic rings. The predicted molar refractivity (Wildman–Crippen MR) is 75.7 cm³/mol. The zero-order chi connectivity index (χ0) is 14.0. The van der Waals surface area contributed by atoms with E-state index in [4.69, 9.17) is 5.11 Å². The van der Waals surface area contributed by atoms with Gasteiger partial charge in [-0.1, -0.05) is 12.1 Å². The van der Waals surface area contributed by atoms with Crippen molar-refractivity contribution in [3.05, 3.63) is 40.3 Å². The van der Waals surface area contributed by atoms with Gasteiger partial charge in [0.1, 0.15) is 6.54 Å². The summed E-state index contributed by atoms with van der Waals surface area (Å²) in [6.07, 6.45) is 0. The average Bonchev–Trinajstić information content (AvgIpc) is 2.35. The molecule has 1 aliphatic rings. The highest BCUT2D eigenvalue weighted by molar-refractivity contribution is 8.03. The number of aliphatic carboxylic acids is 1. The summed E-state index contributed by atoms with van der Waals surface area (Å²) in [7, 11) is 0. The highest BCUT2D eigenvalue weighted by Crippen LogP contribution is 2.29. The molecule has 2 rings (SSSR count). The lowest BCUT2D eigenvalue weighted by Crippen LogP contribution is -2.37. The van der Waals surface area contributed by atoms with E-state index in [0.29, 0.717) is 11.4 Å². The molecular weight excluding hydrogens is 262 g/mol. The fourth-order valence-corrected chi connectivity index (χ4v) is 2.70. The van der Waals surface area contributed by atoms with E-state index < -0.39 is 5.97 Å². The summed E-state index contributed by atoms with van der Waals surface area (Å²) in [5, 5.41) is 10.8. The van der Waals surface area contributed by atoms with Crippen LogP contribution in [0.4, 0.5) is 0 Å². The highest BCUT2D eigenvalue weighted by atomic mass is 32.2. The van der Waals surface area contributed by atoms with Gasteiger partial charge in [-0.05, 0) is 42.0 Å². The Morgan fingerprint density at radius 3 is 2.74 bits per heavy atom. The number of aryl methyl sites for hydroxylation is 2. The van der Waals surface area contributed by atoms with Gasteiger partial charge >= 0.3 is 5.97 Å². The number of hydrogen-bond donors (Lipinski definition) is 1. The van der Waals surface area contributed by atoms with Gasteiger partial charge in [0, 0.05) is 0 Å². The molecule has 0 fully saturated rings. The Labute approximate surface area is 116 Å². The van der Waals surface area contributed by atoms with Gasteiger partial charge in [-0.3, -0.25) is 14.5 Å². The summed E-state index contributed by atoms with van der Waals surface area (Å²) in [6, 6.07) is 5.88. The van der Waals surface area contributed by atoms with Crippen molar-refractivity contribution in [1.82, 2.24) is 4.90 Å². The smallest absolute Gasteiger partial charge is 0.323 e. The van der Waals surface area contributed by atoms with Crippen molar-refractivity contribution in [1.29, 1.82) is 0 Å². The number of benzene rings is 1. The molecule has 0 saturated heterocycles. The van der Waals surface area contributed by atoms with E-state index in [1.54, 1.807) is 0 Å². The van der Waals surface area contributed by atoms with E-state index in [2.05, 4.69) is 0 Å². The molecule has 100 valence electrons. The molecule has 1 aromatic carbocycles. The highest BCUT2D eigenvalue weighted by Gasteiger charge is 2.25. The van der Waals surface area contributed by atoms with Crippen LogP contribution in [0.5, 0.6) is 0 Å². The van der Waals surface area contributed by atoms with Crippen LogP contribution in [0.3, 0.4) is 0 Å². The maximum absolute atomic E-state index is 11.9. The predicted octanol–water partition coefficient (Wildman–Crippen LogP) is 2.26. The maximum atomic E-state index is 11.9. The van der Waals surface area contributed by atoms with Gasteiger partial charge in [0.15, 0.2) is 0 Å². The summed E-state index contributed by atoms with van der Waals surface area (Å²) >= 11 is 1.40. The second-order valence-corrected chi connectivity index (χ2v) is 5.34. The lowest BCUT2D eigenvalue weighted by molar-refractivity contribution is -0.141. The lowest BCUT2D eigenvalue weighted by atomic mass is 10.0. The van der Waals surface area contributed by atoms with Crippen molar-refractivity contribution in [2.24, 2.45) is 0 Å². The minimum Gasteiger partial charge on any atom is -0.480 e. The Hall–Kier alpha value is -1.75. The van der Waals surface area contributed by atoms with Crippen LogP contribution in [0.15, 0.2) is 23.6 Å². The Kier molecular flexibility index (Phi) is 3.95. The third kappa shape index (κ3) is 2.98. The molecule has 4 nitrogen and oxygen atoms in total. The third-order valence-electron chi connectivity index (χ3n) is 3.09. The van der Waals surface area contributed by atoms with E-state index in [0.717, 1.165) is 11.1 Å². The Bertz CT molecular complexity index is 566. The van der Waals surface area contributed by atoms with Gasteiger partial charge in [-0.15, -0.1) is 11.8 Å². The summed E-state index contributed by atoms with van der Waals surface area (Å²) in [5.74, 6) is -0.875. The summed E-state index contributed by atoms with van der Waals surface area (Å²) < 4.78 is 0. The van der Waals surface area contributed by atoms with Crippen molar-refractivity contribution >= 4 is 29.3 Å². The monoisotopic (exact) mass is 277 g/mol. The molecule has 0 aliphatic carbocycles. The number of carbonyl (C=O) groups is 2. The van der Waals surface area contributed by atoms with Crippen LogP contribution in [0.25, 0.3) is 5.70 Å². The Morgan fingerprint density at radius 1 is 1.37 bits per heavy atom. The van der Waals surface area contributed by atoms with Crippen LogP contribution in [0.2, 0.25) is 0 Å². The number of carboxylic acid groups (broad SMARTS) is 1. The van der Waals surface area contributed by atoms with Gasteiger partial charge in [0.05, 0.1) is 11.4 Å². The number of carbonyl (C=O) groups excluding carboxylic acids is 1. The fourth-order valence-electron chi connectivity index (χ4n) is 1.90. The van der Waals surface area contributed by atoms with Crippen LogP contribution in [0.1, 0.15) is 16.7 Å². The molecule has 0 saturated carbocycles. The minimum atomic E-state index is -1.00. The molecule has 1 N–H and O–H groups in total. The molecule has 0 radical (unpaired) electrons. The fraction of sp³-hybridized carbons (Fsp3) is 0.286. The first-order valence-electron chi connectivity index (χ1n) is 5.90. The van der Waals surface area contributed by atoms with Gasteiger partial charge in [-0.25, -0.2) is 0 Å². The Morgan fingerprint density at radius 2 is 2.11 bits per heavy atom. The van der Waals surface area contributed by atoms with Crippen LogP contribution < -0.4 is 0 Å². The molecule has 0 aromatic heterocycles. The molecule has 1 aliphatic heterocycles. The molecule has 0 atom stereocenters. The molecule has 1 heterocycles. The van der Waals surface area contributed by atoms with Gasteiger partial charge < -0.3 is 5.11 Å². The van der Waals surface area contributed by atoms with E-state index in [1.807, 2.05) is 37.5 Å². The number of nitrogens with zero attached hydrogens (tertiary/aromatic N) is 1. The molecule has 0 unspecified atom stereocenters. The zero-order valence-electron chi connectivity index (χ0n) is 10.8. The van der Waals surface area contributed by atoms with Crippen molar-refractivity contribution in [3.8, 4) is 0 Å². The van der Waals surface area contributed by atoms with Crippen molar-refractivity contribution in [2.75, 3.05) is 12.3 Å². The first-order chi connectivity index (χ1) is 8.99. The van der Waals surface area contributed by atoms with Crippen molar-refractivity contribution < 1.29 is 14.7 Å². The van der Waals surface area contributed by atoms with Crippen LogP contribution >= 0.6 is 11.8 Å². The lowest BCUT2D eigenvalue weighted by Gasteiger charge is -2.27. The quantitative estimate of drug-likeness (QED) is 0.920. The largest absolute Gasteiger partial charge is 0.480 e. The number of carboxylic acids is 1. The standard InChI is InChI=1S/C14H15NO3S/c1-9-3-4-11(5-10(9)2)12-7-19-8-13(16)15(12)6-14(17)18/h3-5,7H,6,8H2,1-2H3,(H,17,18). The molecule has 5 heteroatoms. The van der Waals surface area contributed by atoms with Crippen molar-refractivity contribution in [3.63, 3.8) is 0 Å². The topological polar surface area (TPSA) is 57.6 Å². The van der Waals surface area contributed by atoms with Gasteiger partial charge in [-0.2, -0.15) is 0 Å². The minimum absolute atomic E-state index is 0.164. The summed E-state index contributed by atoms with van der Waals surface area (Å²) in [4.78, 5) is 24.1. The average molecular weight is 277 g/mol. The van der Waals surface area contributed by atoms with Gasteiger partial charge in [0.25, 0.3) is 0 Å². The number of rotatable bonds is 3. The zero-order valence-corrected chi connectivity index (χ0v) is 11.7. The van der Waals surface area contributed by atoms with E-state index in [1.165, 1.54) is 22.2 Å². The van der Waals surface area contributed by atoms with Crippen LogP contribution in [0, 0.1) is 13.8 Å². The molecule has 1 amide bonds. The molecule has 19 heavy (non-hydrogen) atoms. The number of thioether (sulfide) groups is 1. The summed E-state index contributed by atoms with van der Waals surface area (Å²) in [5.41, 5.74) is 3.84. The number of hydrogen-bond acceptors (Lipinski definition) is 3. The van der Waals surface area contributed by atoms with E-state index in [-0.39, 0.29) is 12.5 Å². The Balaban J connectivity index is 2.39. The van der Waals surface area contributed by atoms with Crippen LogP contribution in [-0.2, 0) is 9.59 Å². The molecular formula is C14H15NO3S.